The van der Waals surface area contributed by atoms with Gasteiger partial charge in [0.25, 0.3) is 0 Å². The van der Waals surface area contributed by atoms with Crippen molar-refractivity contribution in [3.8, 4) is 5.75 Å². The lowest BCUT2D eigenvalue weighted by Crippen LogP contribution is -2.14. The standard InChI is InChI=1S/C27H46O6/c1-3-5-6-7-8-9-10-12-25-13-15-26(16-14-25)32-23-21-30-19-17-29-18-20-31-22-24-33-27(28)11-4-2/h13-16H,3-12,17-24H2,1-2H3. The summed E-state index contributed by atoms with van der Waals surface area (Å²) >= 11 is 0. The zero-order chi connectivity index (χ0) is 23.8. The first-order valence-electron chi connectivity index (χ1n) is 12.9. The Morgan fingerprint density at radius 2 is 1.18 bits per heavy atom. The van der Waals surface area contributed by atoms with Crippen LogP contribution >= 0.6 is 0 Å². The SMILES string of the molecule is CCCCCCCCCc1ccc(OCCOCCOCCOCCOC(=O)CCC)cc1. The summed E-state index contributed by atoms with van der Waals surface area (Å²) in [7, 11) is 0. The van der Waals surface area contributed by atoms with Crippen LogP contribution in [0.15, 0.2) is 24.3 Å². The van der Waals surface area contributed by atoms with Crippen molar-refractivity contribution in [2.75, 3.05) is 52.9 Å². The van der Waals surface area contributed by atoms with Crippen molar-refractivity contribution in [1.82, 2.24) is 0 Å². The Morgan fingerprint density at radius 1 is 0.636 bits per heavy atom. The van der Waals surface area contributed by atoms with E-state index < -0.39 is 0 Å². The Hall–Kier alpha value is -1.63. The van der Waals surface area contributed by atoms with E-state index in [0.29, 0.717) is 59.3 Å². The fourth-order valence-electron chi connectivity index (χ4n) is 3.29. The molecule has 0 aliphatic heterocycles. The van der Waals surface area contributed by atoms with Crippen LogP contribution in [-0.4, -0.2) is 58.8 Å². The summed E-state index contributed by atoms with van der Waals surface area (Å²) in [6.07, 6.45) is 11.8. The third kappa shape index (κ3) is 18.5. The molecule has 33 heavy (non-hydrogen) atoms. The summed E-state index contributed by atoms with van der Waals surface area (Å²) in [5.74, 6) is 0.713. The minimum absolute atomic E-state index is 0.172. The quantitative estimate of drug-likeness (QED) is 0.151. The van der Waals surface area contributed by atoms with Gasteiger partial charge in [0.1, 0.15) is 19.0 Å². The number of carbonyl (C=O) groups is 1. The second-order valence-electron chi connectivity index (χ2n) is 8.17. The van der Waals surface area contributed by atoms with E-state index in [1.807, 2.05) is 19.1 Å². The highest BCUT2D eigenvalue weighted by Gasteiger charge is 2.00. The lowest BCUT2D eigenvalue weighted by molar-refractivity contribution is -0.145. The molecule has 6 heteroatoms. The fourth-order valence-corrected chi connectivity index (χ4v) is 3.29. The number of rotatable bonds is 23. The molecule has 190 valence electrons. The highest BCUT2D eigenvalue weighted by atomic mass is 16.6. The Morgan fingerprint density at radius 3 is 1.79 bits per heavy atom. The minimum atomic E-state index is -0.172. The van der Waals surface area contributed by atoms with Crippen LogP contribution in [0.4, 0.5) is 0 Å². The third-order valence-corrected chi connectivity index (χ3v) is 5.18. The van der Waals surface area contributed by atoms with Gasteiger partial charge >= 0.3 is 5.97 Å². The third-order valence-electron chi connectivity index (χ3n) is 5.18. The molecule has 0 N–H and O–H groups in total. The zero-order valence-electron chi connectivity index (χ0n) is 21.0. The van der Waals surface area contributed by atoms with Crippen LogP contribution in [-0.2, 0) is 30.2 Å². The molecule has 0 amide bonds. The molecule has 6 nitrogen and oxygen atoms in total. The molecule has 0 atom stereocenters. The number of ether oxygens (including phenoxy) is 5. The number of unbranched alkanes of at least 4 members (excludes halogenated alkanes) is 6. The number of hydrogen-bond donors (Lipinski definition) is 0. The van der Waals surface area contributed by atoms with Gasteiger partial charge in [0, 0.05) is 6.42 Å². The van der Waals surface area contributed by atoms with E-state index in [-0.39, 0.29) is 5.97 Å². The van der Waals surface area contributed by atoms with Gasteiger partial charge in [-0.3, -0.25) is 4.79 Å². The zero-order valence-corrected chi connectivity index (χ0v) is 21.0. The smallest absolute Gasteiger partial charge is 0.305 e. The molecule has 0 radical (unpaired) electrons. The molecule has 0 aromatic heterocycles. The molecule has 0 fully saturated rings. The molecule has 0 aliphatic carbocycles. The van der Waals surface area contributed by atoms with Gasteiger partial charge in [-0.25, -0.2) is 0 Å². The van der Waals surface area contributed by atoms with Crippen molar-refractivity contribution in [2.24, 2.45) is 0 Å². The Balaban J connectivity index is 1.87. The van der Waals surface area contributed by atoms with E-state index in [1.165, 1.54) is 50.5 Å². The second-order valence-corrected chi connectivity index (χ2v) is 8.17. The summed E-state index contributed by atoms with van der Waals surface area (Å²) < 4.78 is 27.1. The van der Waals surface area contributed by atoms with Crippen LogP contribution in [0.3, 0.4) is 0 Å². The van der Waals surface area contributed by atoms with Gasteiger partial charge in [-0.15, -0.1) is 0 Å². The summed E-state index contributed by atoms with van der Waals surface area (Å²) in [5, 5.41) is 0. The molecule has 0 unspecified atom stereocenters. The molecule has 1 aromatic rings. The molecule has 1 rings (SSSR count). The summed E-state index contributed by atoms with van der Waals surface area (Å²) in [6, 6.07) is 8.42. The molecule has 0 saturated heterocycles. The Bertz CT molecular complexity index is 560. The number of esters is 1. The minimum Gasteiger partial charge on any atom is -0.491 e. The molecule has 0 saturated carbocycles. The number of aryl methyl sites for hydroxylation is 1. The Kier molecular flexibility index (Phi) is 19.8. The van der Waals surface area contributed by atoms with Crippen LogP contribution < -0.4 is 4.74 Å². The van der Waals surface area contributed by atoms with Crippen LogP contribution in [0.5, 0.6) is 5.75 Å². The van der Waals surface area contributed by atoms with Crippen molar-refractivity contribution in [2.45, 2.75) is 78.1 Å². The summed E-state index contributed by atoms with van der Waals surface area (Å²) in [5.41, 5.74) is 1.38. The summed E-state index contributed by atoms with van der Waals surface area (Å²) in [6.45, 7) is 7.96. The number of carbonyl (C=O) groups excluding carboxylic acids is 1. The van der Waals surface area contributed by atoms with Gasteiger partial charge in [-0.05, 0) is 37.0 Å². The van der Waals surface area contributed by atoms with Crippen LogP contribution in [0, 0.1) is 0 Å². The molecule has 0 bridgehead atoms. The lowest BCUT2D eigenvalue weighted by Gasteiger charge is -2.09. The first-order chi connectivity index (χ1) is 16.3. The maximum Gasteiger partial charge on any atom is 0.305 e. The molecule has 0 spiro atoms. The first-order valence-corrected chi connectivity index (χ1v) is 12.9. The van der Waals surface area contributed by atoms with Gasteiger partial charge in [0.05, 0.1) is 39.6 Å². The van der Waals surface area contributed by atoms with Gasteiger partial charge in [-0.1, -0.05) is 64.5 Å². The molecular weight excluding hydrogens is 420 g/mol. The predicted molar refractivity (Wildman–Crippen MR) is 132 cm³/mol. The largest absolute Gasteiger partial charge is 0.491 e. The van der Waals surface area contributed by atoms with E-state index in [0.717, 1.165) is 18.6 Å². The van der Waals surface area contributed by atoms with Crippen LogP contribution in [0.1, 0.15) is 77.2 Å². The predicted octanol–water partition coefficient (Wildman–Crippen LogP) is 5.75. The molecule has 0 aliphatic rings. The van der Waals surface area contributed by atoms with Gasteiger partial charge in [0.15, 0.2) is 0 Å². The van der Waals surface area contributed by atoms with Crippen LogP contribution in [0.2, 0.25) is 0 Å². The maximum atomic E-state index is 11.2. The average molecular weight is 467 g/mol. The van der Waals surface area contributed by atoms with E-state index in [4.69, 9.17) is 23.7 Å². The Labute approximate surface area is 201 Å². The van der Waals surface area contributed by atoms with E-state index >= 15 is 0 Å². The van der Waals surface area contributed by atoms with Crippen molar-refractivity contribution in [3.63, 3.8) is 0 Å². The highest BCUT2D eigenvalue weighted by molar-refractivity contribution is 5.69. The van der Waals surface area contributed by atoms with Gasteiger partial charge in [0.2, 0.25) is 0 Å². The summed E-state index contributed by atoms with van der Waals surface area (Å²) in [4.78, 5) is 11.2. The number of hydrogen-bond acceptors (Lipinski definition) is 6. The normalized spacial score (nSPS) is 11.0. The van der Waals surface area contributed by atoms with Crippen molar-refractivity contribution in [1.29, 1.82) is 0 Å². The van der Waals surface area contributed by atoms with Crippen molar-refractivity contribution >= 4 is 5.97 Å². The van der Waals surface area contributed by atoms with Crippen LogP contribution in [0.25, 0.3) is 0 Å². The maximum absolute atomic E-state index is 11.2. The molecule has 0 heterocycles. The van der Waals surface area contributed by atoms with Gasteiger partial charge in [-0.2, -0.15) is 0 Å². The topological polar surface area (TPSA) is 63.2 Å². The lowest BCUT2D eigenvalue weighted by atomic mass is 10.0. The average Bonchev–Trinajstić information content (AvgIpc) is 2.82. The molecule has 1 aromatic carbocycles. The highest BCUT2D eigenvalue weighted by Crippen LogP contribution is 2.15. The van der Waals surface area contributed by atoms with Gasteiger partial charge < -0.3 is 23.7 Å². The van der Waals surface area contributed by atoms with E-state index in [1.54, 1.807) is 0 Å². The van der Waals surface area contributed by atoms with E-state index in [2.05, 4.69) is 19.1 Å². The van der Waals surface area contributed by atoms with Crippen molar-refractivity contribution in [3.05, 3.63) is 29.8 Å². The van der Waals surface area contributed by atoms with Crippen molar-refractivity contribution < 1.29 is 28.5 Å². The second kappa shape index (κ2) is 22.2. The monoisotopic (exact) mass is 466 g/mol. The van der Waals surface area contributed by atoms with E-state index in [9.17, 15) is 4.79 Å². The molecular formula is C27H46O6. The number of benzene rings is 1. The fraction of sp³-hybridized carbons (Fsp3) is 0.741. The first kappa shape index (κ1) is 29.4.